The van der Waals surface area contributed by atoms with E-state index in [1.807, 2.05) is 7.05 Å². The van der Waals surface area contributed by atoms with E-state index in [2.05, 4.69) is 35.5 Å². The number of nitrogens with zero attached hydrogens (tertiary/aromatic N) is 1. The lowest BCUT2D eigenvalue weighted by Gasteiger charge is -2.26. The van der Waals surface area contributed by atoms with Crippen molar-refractivity contribution in [1.82, 2.24) is 10.2 Å². The van der Waals surface area contributed by atoms with Crippen molar-refractivity contribution in [3.63, 3.8) is 0 Å². The zero-order valence-electron chi connectivity index (χ0n) is 12.4. The molecule has 0 amide bonds. The molecule has 1 fully saturated rings. The van der Waals surface area contributed by atoms with Crippen LogP contribution in [0.25, 0.3) is 0 Å². The number of hydrogen-bond donors (Lipinski definition) is 1. The van der Waals surface area contributed by atoms with Crippen molar-refractivity contribution in [1.29, 1.82) is 0 Å². The van der Waals surface area contributed by atoms with E-state index < -0.39 is 0 Å². The van der Waals surface area contributed by atoms with Gasteiger partial charge in [-0.2, -0.15) is 0 Å². The minimum absolute atomic E-state index is 0.472. The van der Waals surface area contributed by atoms with E-state index in [9.17, 15) is 0 Å². The molecule has 0 radical (unpaired) electrons. The lowest BCUT2D eigenvalue weighted by molar-refractivity contribution is 0.272. The van der Waals surface area contributed by atoms with Gasteiger partial charge in [0.05, 0.1) is 13.2 Å². The average molecular weight is 276 g/mol. The number of likely N-dealkylation sites (tertiary alicyclic amines) is 1. The first kappa shape index (κ1) is 13.7. The van der Waals surface area contributed by atoms with Crippen LogP contribution in [0.2, 0.25) is 0 Å². The highest BCUT2D eigenvalue weighted by Gasteiger charge is 2.33. The van der Waals surface area contributed by atoms with E-state index in [0.29, 0.717) is 12.0 Å². The standard InChI is InChI=1S/C16H24N2O2/c1-17-11-13-6-7-18(2)16(13)12-4-5-14-15(10-12)20-9-3-8-19-14/h4-5,10,13,16-17H,3,6-9,11H2,1-2H3. The lowest BCUT2D eigenvalue weighted by atomic mass is 9.93. The maximum absolute atomic E-state index is 5.82. The Morgan fingerprint density at radius 3 is 2.85 bits per heavy atom. The summed E-state index contributed by atoms with van der Waals surface area (Å²) in [5.41, 5.74) is 1.34. The topological polar surface area (TPSA) is 33.7 Å². The second-order valence-electron chi connectivity index (χ2n) is 5.79. The number of hydrogen-bond acceptors (Lipinski definition) is 4. The van der Waals surface area contributed by atoms with E-state index in [4.69, 9.17) is 9.47 Å². The number of ether oxygens (including phenoxy) is 2. The van der Waals surface area contributed by atoms with Crippen molar-refractivity contribution in [2.24, 2.45) is 5.92 Å². The number of rotatable bonds is 3. The van der Waals surface area contributed by atoms with E-state index in [1.54, 1.807) is 0 Å². The van der Waals surface area contributed by atoms with Gasteiger partial charge in [0.1, 0.15) is 0 Å². The number of fused-ring (bicyclic) bond motifs is 1. The summed E-state index contributed by atoms with van der Waals surface area (Å²) >= 11 is 0. The van der Waals surface area contributed by atoms with Crippen molar-refractivity contribution in [2.75, 3.05) is 40.4 Å². The summed E-state index contributed by atoms with van der Waals surface area (Å²) in [5.74, 6) is 2.45. The Hall–Kier alpha value is -1.26. The van der Waals surface area contributed by atoms with Gasteiger partial charge in [0.25, 0.3) is 0 Å². The molecule has 3 rings (SSSR count). The largest absolute Gasteiger partial charge is 0.490 e. The maximum Gasteiger partial charge on any atom is 0.161 e. The molecule has 0 aromatic heterocycles. The Morgan fingerprint density at radius 1 is 1.25 bits per heavy atom. The van der Waals surface area contributed by atoms with Crippen LogP contribution in [0.5, 0.6) is 11.5 Å². The summed E-state index contributed by atoms with van der Waals surface area (Å²) in [5, 5.41) is 3.32. The Bertz CT molecular complexity index is 462. The molecule has 1 N–H and O–H groups in total. The molecule has 4 nitrogen and oxygen atoms in total. The molecule has 0 bridgehead atoms. The molecule has 1 aromatic carbocycles. The molecule has 2 aliphatic rings. The van der Waals surface area contributed by atoms with Crippen molar-refractivity contribution in [2.45, 2.75) is 18.9 Å². The van der Waals surface area contributed by atoms with Crippen LogP contribution in [-0.2, 0) is 0 Å². The third-order valence-corrected chi connectivity index (χ3v) is 4.35. The molecule has 2 heterocycles. The van der Waals surface area contributed by atoms with Gasteiger partial charge in [-0.05, 0) is 57.2 Å². The molecule has 1 saturated heterocycles. The van der Waals surface area contributed by atoms with Crippen LogP contribution >= 0.6 is 0 Å². The second-order valence-corrected chi connectivity index (χ2v) is 5.79. The van der Waals surface area contributed by atoms with Crippen molar-refractivity contribution in [3.8, 4) is 11.5 Å². The molecule has 0 aliphatic carbocycles. The first-order valence-corrected chi connectivity index (χ1v) is 7.54. The predicted octanol–water partition coefficient (Wildman–Crippen LogP) is 2.06. The Balaban J connectivity index is 1.87. The second kappa shape index (κ2) is 6.02. The minimum atomic E-state index is 0.472. The fourth-order valence-corrected chi connectivity index (χ4v) is 3.39. The van der Waals surface area contributed by atoms with Crippen LogP contribution < -0.4 is 14.8 Å². The first-order valence-electron chi connectivity index (χ1n) is 7.54. The van der Waals surface area contributed by atoms with Crippen LogP contribution in [0.3, 0.4) is 0 Å². The molecule has 2 atom stereocenters. The van der Waals surface area contributed by atoms with Crippen molar-refractivity contribution >= 4 is 0 Å². The summed E-state index contributed by atoms with van der Waals surface area (Å²) in [6.07, 6.45) is 2.20. The number of nitrogens with one attached hydrogen (secondary N) is 1. The highest BCUT2D eigenvalue weighted by molar-refractivity contribution is 5.44. The van der Waals surface area contributed by atoms with E-state index >= 15 is 0 Å². The average Bonchev–Trinajstić information content (AvgIpc) is 2.68. The maximum atomic E-state index is 5.82. The number of benzene rings is 1. The monoisotopic (exact) mass is 276 g/mol. The fraction of sp³-hybridized carbons (Fsp3) is 0.625. The SMILES string of the molecule is CNCC1CCN(C)C1c1ccc2c(c1)OCCCO2. The molecule has 110 valence electrons. The summed E-state index contributed by atoms with van der Waals surface area (Å²) in [7, 11) is 4.24. The predicted molar refractivity (Wildman–Crippen MR) is 79.5 cm³/mol. The van der Waals surface area contributed by atoms with Gasteiger partial charge in [0.2, 0.25) is 0 Å². The van der Waals surface area contributed by atoms with Gasteiger partial charge in [0.15, 0.2) is 11.5 Å². The third kappa shape index (κ3) is 2.63. The third-order valence-electron chi connectivity index (χ3n) is 4.35. The van der Waals surface area contributed by atoms with Gasteiger partial charge >= 0.3 is 0 Å². The Kier molecular flexibility index (Phi) is 4.13. The van der Waals surface area contributed by atoms with Gasteiger partial charge < -0.3 is 14.8 Å². The van der Waals surface area contributed by atoms with Crippen LogP contribution in [-0.4, -0.2) is 45.3 Å². The van der Waals surface area contributed by atoms with Gasteiger partial charge in [-0.15, -0.1) is 0 Å². The zero-order chi connectivity index (χ0) is 13.9. The van der Waals surface area contributed by atoms with Crippen molar-refractivity contribution in [3.05, 3.63) is 23.8 Å². The van der Waals surface area contributed by atoms with Gasteiger partial charge in [-0.3, -0.25) is 4.90 Å². The van der Waals surface area contributed by atoms with Crippen LogP contribution in [0.15, 0.2) is 18.2 Å². The molecule has 2 aliphatic heterocycles. The van der Waals surface area contributed by atoms with Gasteiger partial charge in [0, 0.05) is 12.5 Å². The highest BCUT2D eigenvalue weighted by atomic mass is 16.5. The fourth-order valence-electron chi connectivity index (χ4n) is 3.39. The molecular weight excluding hydrogens is 252 g/mol. The molecular formula is C16H24N2O2. The molecule has 2 unspecified atom stereocenters. The molecule has 4 heteroatoms. The van der Waals surface area contributed by atoms with Crippen LogP contribution in [0.4, 0.5) is 0 Å². The van der Waals surface area contributed by atoms with Gasteiger partial charge in [-0.25, -0.2) is 0 Å². The lowest BCUT2D eigenvalue weighted by Crippen LogP contribution is -2.26. The molecule has 20 heavy (non-hydrogen) atoms. The van der Waals surface area contributed by atoms with Crippen LogP contribution in [0.1, 0.15) is 24.4 Å². The normalized spacial score (nSPS) is 26.5. The Morgan fingerprint density at radius 2 is 2.05 bits per heavy atom. The Labute approximate surface area is 121 Å². The minimum Gasteiger partial charge on any atom is -0.490 e. The summed E-state index contributed by atoms with van der Waals surface area (Å²) < 4.78 is 11.5. The van der Waals surface area contributed by atoms with Gasteiger partial charge in [-0.1, -0.05) is 6.07 Å². The molecule has 0 saturated carbocycles. The zero-order valence-corrected chi connectivity index (χ0v) is 12.4. The van der Waals surface area contributed by atoms with Crippen molar-refractivity contribution < 1.29 is 9.47 Å². The quantitative estimate of drug-likeness (QED) is 0.916. The smallest absolute Gasteiger partial charge is 0.161 e. The van der Waals surface area contributed by atoms with E-state index in [-0.39, 0.29) is 0 Å². The van der Waals surface area contributed by atoms with E-state index in [0.717, 1.165) is 44.2 Å². The van der Waals surface area contributed by atoms with Crippen LogP contribution in [0, 0.1) is 5.92 Å². The summed E-state index contributed by atoms with van der Waals surface area (Å²) in [6, 6.07) is 6.91. The summed E-state index contributed by atoms with van der Waals surface area (Å²) in [4.78, 5) is 2.45. The molecule has 1 aromatic rings. The first-order chi connectivity index (χ1) is 9.79. The molecule has 0 spiro atoms. The summed E-state index contributed by atoms with van der Waals surface area (Å²) in [6.45, 7) is 3.71. The highest BCUT2D eigenvalue weighted by Crippen LogP contribution is 2.39. The van der Waals surface area contributed by atoms with E-state index in [1.165, 1.54) is 12.0 Å².